The van der Waals surface area contributed by atoms with E-state index in [1.165, 1.54) is 16.1 Å². The molecule has 1 N–H and O–H groups in total. The van der Waals surface area contributed by atoms with E-state index in [9.17, 15) is 13.2 Å². The van der Waals surface area contributed by atoms with Crippen LogP contribution in [0.4, 0.5) is 11.4 Å². The summed E-state index contributed by atoms with van der Waals surface area (Å²) in [5.41, 5.74) is 1.99. The highest BCUT2D eigenvalue weighted by atomic mass is 32.2. The first-order valence-electron chi connectivity index (χ1n) is 9.23. The predicted octanol–water partition coefficient (Wildman–Crippen LogP) is 3.87. The molecular weight excluding hydrogens is 408 g/mol. The van der Waals surface area contributed by atoms with Crippen molar-refractivity contribution < 1.29 is 17.9 Å². The second-order valence-corrected chi connectivity index (χ2v) is 10.8. The molecule has 1 atom stereocenters. The number of sulfonamides is 1. The number of rotatable bonds is 4. The number of carbonyl (C=O) groups excluding carboxylic acids is 1. The van der Waals surface area contributed by atoms with Crippen molar-refractivity contribution in [1.82, 2.24) is 0 Å². The quantitative estimate of drug-likeness (QED) is 0.740. The Balaban J connectivity index is 1.93. The third kappa shape index (κ3) is 4.70. The van der Waals surface area contributed by atoms with Crippen LogP contribution in [0.2, 0.25) is 0 Å². The number of nitrogens with one attached hydrogen (secondary N) is 1. The molecule has 0 radical (unpaired) electrons. The van der Waals surface area contributed by atoms with Gasteiger partial charge >= 0.3 is 0 Å². The topological polar surface area (TPSA) is 75.7 Å². The van der Waals surface area contributed by atoms with Gasteiger partial charge in [0.25, 0.3) is 5.91 Å². The Labute approximate surface area is 176 Å². The number of amides is 1. The number of carbonyl (C=O) groups is 1. The maximum atomic E-state index is 12.9. The number of para-hydroxylation sites is 1. The molecule has 1 aliphatic heterocycles. The number of hydrogen-bond acceptors (Lipinski definition) is 5. The van der Waals surface area contributed by atoms with E-state index in [4.69, 9.17) is 4.74 Å². The van der Waals surface area contributed by atoms with Gasteiger partial charge in [-0.1, -0.05) is 39.0 Å². The van der Waals surface area contributed by atoms with Crippen LogP contribution in [0, 0.1) is 0 Å². The van der Waals surface area contributed by atoms with Crippen LogP contribution in [0.25, 0.3) is 0 Å². The lowest BCUT2D eigenvalue weighted by molar-refractivity contribution is -0.122. The lowest BCUT2D eigenvalue weighted by Gasteiger charge is -2.35. The first kappa shape index (κ1) is 21.5. The van der Waals surface area contributed by atoms with Gasteiger partial charge in [-0.25, -0.2) is 8.42 Å². The number of anilines is 2. The molecule has 1 heterocycles. The van der Waals surface area contributed by atoms with Crippen molar-refractivity contribution in [3.05, 3.63) is 48.0 Å². The average Bonchev–Trinajstić information content (AvgIpc) is 2.65. The summed E-state index contributed by atoms with van der Waals surface area (Å²) in [7, 11) is -3.58. The van der Waals surface area contributed by atoms with Crippen LogP contribution in [0.15, 0.2) is 47.4 Å². The van der Waals surface area contributed by atoms with Gasteiger partial charge in [-0.05, 0) is 41.5 Å². The molecule has 1 amide bonds. The van der Waals surface area contributed by atoms with Crippen molar-refractivity contribution >= 4 is 39.1 Å². The van der Waals surface area contributed by atoms with Crippen LogP contribution in [0.1, 0.15) is 26.3 Å². The number of ether oxygens (including phenoxy) is 1. The first-order chi connectivity index (χ1) is 13.5. The second-order valence-electron chi connectivity index (χ2n) is 8.02. The Kier molecular flexibility index (Phi) is 5.87. The molecular formula is C21H26N2O4S2. The van der Waals surface area contributed by atoms with Crippen molar-refractivity contribution in [1.29, 1.82) is 0 Å². The number of nitrogens with zero attached hydrogens (tertiary/aromatic N) is 1. The van der Waals surface area contributed by atoms with Crippen LogP contribution in [0.5, 0.6) is 5.75 Å². The molecule has 0 bridgehead atoms. The van der Waals surface area contributed by atoms with Crippen molar-refractivity contribution in [2.75, 3.05) is 28.7 Å². The molecule has 3 rings (SSSR count). The van der Waals surface area contributed by atoms with Gasteiger partial charge in [-0.3, -0.25) is 9.10 Å². The smallest absolute Gasteiger partial charge is 0.267 e. The molecule has 0 fully saturated rings. The predicted molar refractivity (Wildman–Crippen MR) is 119 cm³/mol. The van der Waals surface area contributed by atoms with Crippen molar-refractivity contribution in [3.63, 3.8) is 0 Å². The number of thioether (sulfide) groups is 1. The lowest BCUT2D eigenvalue weighted by atomic mass is 9.86. The maximum absolute atomic E-state index is 12.9. The number of hydrogen-bond donors (Lipinski definition) is 1. The summed E-state index contributed by atoms with van der Waals surface area (Å²) in [6.07, 6.45) is 2.12. The molecule has 0 spiro atoms. The third-order valence-electron chi connectivity index (χ3n) is 4.75. The van der Waals surface area contributed by atoms with E-state index in [1.807, 2.05) is 42.7 Å². The Hall–Kier alpha value is -2.19. The minimum absolute atomic E-state index is 0.0767. The van der Waals surface area contributed by atoms with Crippen LogP contribution in [0.3, 0.4) is 0 Å². The fourth-order valence-electron chi connectivity index (χ4n) is 3.13. The molecule has 1 aliphatic rings. The van der Waals surface area contributed by atoms with Crippen LogP contribution in [-0.2, 0) is 20.2 Å². The molecule has 0 saturated carbocycles. The molecule has 2 aromatic carbocycles. The van der Waals surface area contributed by atoms with Crippen LogP contribution < -0.4 is 14.4 Å². The Morgan fingerprint density at radius 1 is 1.21 bits per heavy atom. The summed E-state index contributed by atoms with van der Waals surface area (Å²) in [5, 5.41) is 2.86. The summed E-state index contributed by atoms with van der Waals surface area (Å²) in [5.74, 6) is -0.00123. The molecule has 156 valence electrons. The van der Waals surface area contributed by atoms with Crippen LogP contribution in [-0.4, -0.2) is 39.5 Å². The molecule has 29 heavy (non-hydrogen) atoms. The zero-order valence-corrected chi connectivity index (χ0v) is 18.9. The van der Waals surface area contributed by atoms with E-state index >= 15 is 0 Å². The summed E-state index contributed by atoms with van der Waals surface area (Å²) in [6, 6.07) is 12.9. The van der Waals surface area contributed by atoms with Crippen molar-refractivity contribution in [2.24, 2.45) is 0 Å². The Bertz CT molecular complexity index is 1030. The summed E-state index contributed by atoms with van der Waals surface area (Å²) >= 11 is 1.52. The Morgan fingerprint density at radius 2 is 1.90 bits per heavy atom. The normalized spacial score (nSPS) is 16.7. The largest absolute Gasteiger partial charge is 0.476 e. The number of benzene rings is 2. The monoisotopic (exact) mass is 434 g/mol. The fourth-order valence-corrected chi connectivity index (χ4v) is 4.59. The van der Waals surface area contributed by atoms with Gasteiger partial charge in [-0.15, -0.1) is 11.8 Å². The zero-order chi connectivity index (χ0) is 21.4. The highest BCUT2D eigenvalue weighted by Crippen LogP contribution is 2.38. The van der Waals surface area contributed by atoms with E-state index < -0.39 is 16.1 Å². The van der Waals surface area contributed by atoms with Gasteiger partial charge in [-0.2, -0.15) is 0 Å². The Morgan fingerprint density at radius 3 is 2.52 bits per heavy atom. The molecule has 0 unspecified atom stereocenters. The molecule has 0 saturated heterocycles. The van der Waals surface area contributed by atoms with Gasteiger partial charge < -0.3 is 10.1 Å². The van der Waals surface area contributed by atoms with Gasteiger partial charge in [0.15, 0.2) is 6.10 Å². The fraction of sp³-hybridized carbons (Fsp3) is 0.381. The van der Waals surface area contributed by atoms with Crippen molar-refractivity contribution in [3.8, 4) is 5.75 Å². The van der Waals surface area contributed by atoms with E-state index in [0.29, 0.717) is 17.1 Å². The van der Waals surface area contributed by atoms with Crippen molar-refractivity contribution in [2.45, 2.75) is 37.2 Å². The summed E-state index contributed by atoms with van der Waals surface area (Å²) in [6.45, 7) is 6.10. The first-order valence-corrected chi connectivity index (χ1v) is 12.3. The van der Waals surface area contributed by atoms with E-state index in [0.717, 1.165) is 16.7 Å². The maximum Gasteiger partial charge on any atom is 0.267 e. The van der Waals surface area contributed by atoms with Crippen LogP contribution >= 0.6 is 11.8 Å². The average molecular weight is 435 g/mol. The summed E-state index contributed by atoms with van der Waals surface area (Å²) < 4.78 is 32.1. The molecule has 2 aromatic rings. The second kappa shape index (κ2) is 7.91. The minimum atomic E-state index is -3.58. The molecule has 0 aromatic heterocycles. The van der Waals surface area contributed by atoms with Gasteiger partial charge in [0, 0.05) is 4.90 Å². The highest BCUT2D eigenvalue weighted by molar-refractivity contribution is 7.98. The van der Waals surface area contributed by atoms with E-state index in [-0.39, 0.29) is 17.9 Å². The summed E-state index contributed by atoms with van der Waals surface area (Å²) in [4.78, 5) is 13.8. The number of fused-ring (bicyclic) bond motifs is 1. The minimum Gasteiger partial charge on any atom is -0.476 e. The SMILES string of the molecule is CSc1ccccc1NC(=O)[C@H]1CN(S(C)(=O)=O)c2cc(C(C)(C)C)ccc2O1. The third-order valence-corrected chi connectivity index (χ3v) is 6.69. The molecule has 8 heteroatoms. The molecule has 0 aliphatic carbocycles. The highest BCUT2D eigenvalue weighted by Gasteiger charge is 2.36. The lowest BCUT2D eigenvalue weighted by Crippen LogP contribution is -2.48. The molecule has 6 nitrogen and oxygen atoms in total. The van der Waals surface area contributed by atoms with Gasteiger partial charge in [0.05, 0.1) is 24.2 Å². The van der Waals surface area contributed by atoms with E-state index in [1.54, 1.807) is 6.07 Å². The zero-order valence-electron chi connectivity index (χ0n) is 17.2. The van der Waals surface area contributed by atoms with E-state index in [2.05, 4.69) is 26.1 Å². The van der Waals surface area contributed by atoms with Gasteiger partial charge in [0.2, 0.25) is 10.0 Å². The van der Waals surface area contributed by atoms with Gasteiger partial charge in [0.1, 0.15) is 5.75 Å². The standard InChI is InChI=1S/C21H26N2O4S2/c1-21(2,3)14-10-11-17-16(12-14)23(29(5,25)26)13-18(27-17)20(24)22-15-8-6-7-9-19(15)28-4/h6-12,18H,13H2,1-5H3,(H,22,24)/t18-/m1/s1.